The van der Waals surface area contributed by atoms with Crippen LogP contribution in [0.4, 0.5) is 11.4 Å². The van der Waals surface area contributed by atoms with Gasteiger partial charge in [0.25, 0.3) is 0 Å². The van der Waals surface area contributed by atoms with E-state index in [1.807, 2.05) is 12.1 Å². The van der Waals surface area contributed by atoms with Crippen LogP contribution in [0.15, 0.2) is 18.2 Å². The Labute approximate surface area is 84.3 Å². The Bertz CT molecular complexity index is 340. The summed E-state index contributed by atoms with van der Waals surface area (Å²) in [5.74, 6) is 0. The third-order valence-electron chi connectivity index (χ3n) is 2.05. The van der Waals surface area contributed by atoms with Crippen molar-refractivity contribution in [1.82, 2.24) is 0 Å². The number of benzene rings is 1. The van der Waals surface area contributed by atoms with Gasteiger partial charge in [0.2, 0.25) is 6.41 Å². The van der Waals surface area contributed by atoms with Crippen molar-refractivity contribution in [3.05, 3.63) is 23.8 Å². The number of nitrogen functional groups attached to an aromatic ring is 1. The van der Waals surface area contributed by atoms with Gasteiger partial charge in [-0.25, -0.2) is 0 Å². The number of rotatable bonds is 2. The summed E-state index contributed by atoms with van der Waals surface area (Å²) < 4.78 is 0. The number of nitrogens with one attached hydrogen (secondary N) is 1. The first-order chi connectivity index (χ1) is 6.43. The molecule has 1 amide bonds. The fourth-order valence-electron chi connectivity index (χ4n) is 1.24. The van der Waals surface area contributed by atoms with Crippen molar-refractivity contribution in [3.63, 3.8) is 0 Å². The van der Waals surface area contributed by atoms with Gasteiger partial charge >= 0.3 is 0 Å². The maximum Gasteiger partial charge on any atom is 0.211 e. The third kappa shape index (κ3) is 2.49. The topological polar surface area (TPSA) is 55.1 Å². The molecule has 0 spiro atoms. The molecule has 0 saturated carbocycles. The van der Waals surface area contributed by atoms with Crippen LogP contribution in [0.3, 0.4) is 0 Å². The van der Waals surface area contributed by atoms with Crippen LogP contribution < -0.4 is 11.1 Å². The van der Waals surface area contributed by atoms with E-state index < -0.39 is 0 Å². The minimum atomic E-state index is 0.0364. The standard InChI is InChI=1S/C11H16N2O/c1-11(2,3)8-4-9(12)6-10(5-8)13-7-14/h4-7H,12H2,1-3H3,(H,13,14). The van der Waals surface area contributed by atoms with Gasteiger partial charge in [-0.15, -0.1) is 0 Å². The fourth-order valence-corrected chi connectivity index (χ4v) is 1.24. The summed E-state index contributed by atoms with van der Waals surface area (Å²) in [6.45, 7) is 6.31. The van der Waals surface area contributed by atoms with Gasteiger partial charge in [0.1, 0.15) is 0 Å². The average Bonchev–Trinajstić information content (AvgIpc) is 2.02. The second kappa shape index (κ2) is 3.70. The third-order valence-corrected chi connectivity index (χ3v) is 2.05. The minimum Gasteiger partial charge on any atom is -0.399 e. The number of hydrogen-bond donors (Lipinski definition) is 2. The van der Waals surface area contributed by atoms with E-state index in [1.54, 1.807) is 6.07 Å². The van der Waals surface area contributed by atoms with Crippen molar-refractivity contribution in [2.24, 2.45) is 0 Å². The molecule has 76 valence electrons. The quantitative estimate of drug-likeness (QED) is 0.557. The number of carbonyl (C=O) groups excluding carboxylic acids is 1. The second-order valence-electron chi connectivity index (χ2n) is 4.36. The molecule has 0 aliphatic carbocycles. The lowest BCUT2D eigenvalue weighted by Gasteiger charge is -2.20. The Morgan fingerprint density at radius 1 is 1.29 bits per heavy atom. The fraction of sp³-hybridized carbons (Fsp3) is 0.364. The van der Waals surface area contributed by atoms with E-state index in [2.05, 4.69) is 26.1 Å². The minimum absolute atomic E-state index is 0.0364. The normalized spacial score (nSPS) is 11.1. The molecule has 1 aromatic carbocycles. The van der Waals surface area contributed by atoms with Gasteiger partial charge in [-0.2, -0.15) is 0 Å². The van der Waals surface area contributed by atoms with Gasteiger partial charge in [-0.3, -0.25) is 4.79 Å². The highest BCUT2D eigenvalue weighted by Crippen LogP contribution is 2.27. The average molecular weight is 192 g/mol. The van der Waals surface area contributed by atoms with Gasteiger partial charge in [-0.05, 0) is 29.2 Å². The number of anilines is 2. The van der Waals surface area contributed by atoms with E-state index in [0.717, 1.165) is 11.3 Å². The van der Waals surface area contributed by atoms with Gasteiger partial charge in [0.15, 0.2) is 0 Å². The molecule has 3 N–H and O–H groups in total. The van der Waals surface area contributed by atoms with Crippen LogP contribution in [-0.4, -0.2) is 6.41 Å². The van der Waals surface area contributed by atoms with Crippen LogP contribution in [0.2, 0.25) is 0 Å². The van der Waals surface area contributed by atoms with Crippen LogP contribution in [0.25, 0.3) is 0 Å². The molecule has 0 unspecified atom stereocenters. The lowest BCUT2D eigenvalue weighted by Crippen LogP contribution is -2.12. The zero-order valence-electron chi connectivity index (χ0n) is 8.79. The van der Waals surface area contributed by atoms with E-state index in [9.17, 15) is 4.79 Å². The van der Waals surface area contributed by atoms with Gasteiger partial charge in [0, 0.05) is 11.4 Å². The summed E-state index contributed by atoms with van der Waals surface area (Å²) in [5.41, 5.74) is 8.29. The number of carbonyl (C=O) groups is 1. The molecule has 0 bridgehead atoms. The van der Waals surface area contributed by atoms with Crippen molar-refractivity contribution in [2.75, 3.05) is 11.1 Å². The van der Waals surface area contributed by atoms with Crippen molar-refractivity contribution in [1.29, 1.82) is 0 Å². The van der Waals surface area contributed by atoms with Crippen LogP contribution in [0, 0.1) is 0 Å². The highest BCUT2D eigenvalue weighted by molar-refractivity contribution is 5.73. The largest absolute Gasteiger partial charge is 0.399 e. The van der Waals surface area contributed by atoms with E-state index in [0.29, 0.717) is 12.1 Å². The first kappa shape index (κ1) is 10.6. The Kier molecular flexibility index (Phi) is 2.79. The van der Waals surface area contributed by atoms with Gasteiger partial charge in [-0.1, -0.05) is 20.8 Å². The SMILES string of the molecule is CC(C)(C)c1cc(N)cc(NC=O)c1. The first-order valence-electron chi connectivity index (χ1n) is 4.55. The molecule has 3 heteroatoms. The number of nitrogens with two attached hydrogens (primary N) is 1. The molecule has 14 heavy (non-hydrogen) atoms. The van der Waals surface area contributed by atoms with Crippen LogP contribution in [-0.2, 0) is 10.2 Å². The molecule has 3 nitrogen and oxygen atoms in total. The van der Waals surface area contributed by atoms with Crippen molar-refractivity contribution in [2.45, 2.75) is 26.2 Å². The molecule has 1 rings (SSSR count). The van der Waals surface area contributed by atoms with Gasteiger partial charge < -0.3 is 11.1 Å². The maximum absolute atomic E-state index is 10.3. The van der Waals surface area contributed by atoms with Crippen LogP contribution in [0.5, 0.6) is 0 Å². The predicted molar refractivity (Wildman–Crippen MR) is 59.2 cm³/mol. The highest BCUT2D eigenvalue weighted by atomic mass is 16.1. The first-order valence-corrected chi connectivity index (χ1v) is 4.55. The predicted octanol–water partition coefficient (Wildman–Crippen LogP) is 2.13. The zero-order valence-corrected chi connectivity index (χ0v) is 8.79. The molecule has 0 heterocycles. The van der Waals surface area contributed by atoms with E-state index in [4.69, 9.17) is 5.73 Å². The monoisotopic (exact) mass is 192 g/mol. The summed E-state index contributed by atoms with van der Waals surface area (Å²) in [4.78, 5) is 10.3. The molecular formula is C11H16N2O. The molecule has 0 aliphatic rings. The molecule has 0 aromatic heterocycles. The molecule has 0 aliphatic heterocycles. The summed E-state index contributed by atoms with van der Waals surface area (Å²) in [5, 5.41) is 2.60. The van der Waals surface area contributed by atoms with Crippen molar-refractivity contribution >= 4 is 17.8 Å². The summed E-state index contributed by atoms with van der Waals surface area (Å²) in [6.07, 6.45) is 0.654. The van der Waals surface area contributed by atoms with Crippen molar-refractivity contribution in [3.8, 4) is 0 Å². The smallest absolute Gasteiger partial charge is 0.211 e. The Morgan fingerprint density at radius 2 is 1.93 bits per heavy atom. The lowest BCUT2D eigenvalue weighted by atomic mass is 9.86. The number of hydrogen-bond acceptors (Lipinski definition) is 2. The Morgan fingerprint density at radius 3 is 2.43 bits per heavy atom. The molecular weight excluding hydrogens is 176 g/mol. The Balaban J connectivity index is 3.13. The summed E-state index contributed by atoms with van der Waals surface area (Å²) in [6, 6.07) is 5.60. The number of amides is 1. The summed E-state index contributed by atoms with van der Waals surface area (Å²) >= 11 is 0. The Hall–Kier alpha value is -1.51. The summed E-state index contributed by atoms with van der Waals surface area (Å²) in [7, 11) is 0. The van der Waals surface area contributed by atoms with Crippen molar-refractivity contribution < 1.29 is 4.79 Å². The molecule has 1 aromatic rings. The van der Waals surface area contributed by atoms with E-state index >= 15 is 0 Å². The van der Waals surface area contributed by atoms with E-state index in [1.165, 1.54) is 0 Å². The molecule has 0 radical (unpaired) electrons. The van der Waals surface area contributed by atoms with Gasteiger partial charge in [0.05, 0.1) is 0 Å². The lowest BCUT2D eigenvalue weighted by molar-refractivity contribution is -0.105. The van der Waals surface area contributed by atoms with E-state index in [-0.39, 0.29) is 5.41 Å². The second-order valence-corrected chi connectivity index (χ2v) is 4.36. The molecule has 0 atom stereocenters. The zero-order chi connectivity index (χ0) is 10.8. The van der Waals surface area contributed by atoms with Crippen LogP contribution in [0.1, 0.15) is 26.3 Å². The van der Waals surface area contributed by atoms with Crippen LogP contribution >= 0.6 is 0 Å². The molecule has 0 fully saturated rings. The molecule has 0 saturated heterocycles. The maximum atomic E-state index is 10.3. The highest BCUT2D eigenvalue weighted by Gasteiger charge is 2.14.